The van der Waals surface area contributed by atoms with Gasteiger partial charge < -0.3 is 4.74 Å². The van der Waals surface area contributed by atoms with Crippen LogP contribution < -0.4 is 5.59 Å². The number of ether oxygens (including phenoxy) is 1. The van der Waals surface area contributed by atoms with Crippen LogP contribution in [0.15, 0.2) is 18.2 Å². The minimum Gasteiger partial charge on any atom is -0.381 e. The molecule has 1 aliphatic heterocycles. The summed E-state index contributed by atoms with van der Waals surface area (Å²) < 4.78 is 33.2. The highest BCUT2D eigenvalue weighted by molar-refractivity contribution is 6.30. The van der Waals surface area contributed by atoms with Crippen LogP contribution in [-0.4, -0.2) is 26.0 Å². The molecule has 0 aromatic carbocycles. The summed E-state index contributed by atoms with van der Waals surface area (Å²) in [6.45, 7) is 0.783. The first-order chi connectivity index (χ1) is 7.60. The van der Waals surface area contributed by atoms with Gasteiger partial charge in [0.1, 0.15) is 13.5 Å². The first-order valence-corrected chi connectivity index (χ1v) is 5.29. The molecule has 1 aromatic heterocycles. The van der Waals surface area contributed by atoms with Crippen molar-refractivity contribution in [2.75, 3.05) is 13.2 Å². The van der Waals surface area contributed by atoms with Crippen molar-refractivity contribution in [1.29, 1.82) is 0 Å². The molecule has 0 unspecified atom stereocenters. The summed E-state index contributed by atoms with van der Waals surface area (Å²) in [6, 6.07) is 4.33. The quantitative estimate of drug-likeness (QED) is 0.707. The number of hydrogen-bond donors (Lipinski definition) is 0. The Morgan fingerprint density at radius 2 is 2.00 bits per heavy atom. The molecule has 0 N–H and O–H groups in total. The SMILES string of the molecule is [B]c1cccc(C(F)(F)C2CCOCC2)n1. The van der Waals surface area contributed by atoms with Gasteiger partial charge in [0.25, 0.3) is 5.92 Å². The molecule has 5 heteroatoms. The fourth-order valence-electron chi connectivity index (χ4n) is 1.91. The van der Waals surface area contributed by atoms with Gasteiger partial charge in [-0.25, -0.2) is 0 Å². The molecule has 0 saturated carbocycles. The third-order valence-corrected chi connectivity index (χ3v) is 2.85. The lowest BCUT2D eigenvalue weighted by atomic mass is 9.90. The van der Waals surface area contributed by atoms with Crippen LogP contribution in [-0.2, 0) is 10.7 Å². The normalized spacial score (nSPS) is 18.6. The van der Waals surface area contributed by atoms with Gasteiger partial charge in [0.15, 0.2) is 0 Å². The van der Waals surface area contributed by atoms with Crippen LogP contribution in [0.25, 0.3) is 0 Å². The van der Waals surface area contributed by atoms with Gasteiger partial charge in [-0.05, 0) is 24.5 Å². The van der Waals surface area contributed by atoms with Gasteiger partial charge in [0.2, 0.25) is 0 Å². The third kappa shape index (κ3) is 2.24. The summed E-state index contributed by atoms with van der Waals surface area (Å²) >= 11 is 0. The Bertz CT molecular complexity index is 367. The van der Waals surface area contributed by atoms with Crippen molar-refractivity contribution in [3.63, 3.8) is 0 Å². The van der Waals surface area contributed by atoms with Crippen LogP contribution in [0, 0.1) is 5.92 Å². The summed E-state index contributed by atoms with van der Waals surface area (Å²) in [7, 11) is 5.42. The van der Waals surface area contributed by atoms with Gasteiger partial charge in [0, 0.05) is 19.1 Å². The standard InChI is InChI=1S/C11H12BF2NO/c12-10-3-1-2-9(15-10)11(13,14)8-4-6-16-7-5-8/h1-3,8H,4-7H2. The van der Waals surface area contributed by atoms with Gasteiger partial charge in [0.05, 0.1) is 0 Å². The Morgan fingerprint density at radius 1 is 1.31 bits per heavy atom. The van der Waals surface area contributed by atoms with Crippen LogP contribution in [0.3, 0.4) is 0 Å². The smallest absolute Gasteiger partial charge is 0.292 e. The Balaban J connectivity index is 2.22. The fourth-order valence-corrected chi connectivity index (χ4v) is 1.91. The zero-order chi connectivity index (χ0) is 11.6. The number of halogens is 2. The highest BCUT2D eigenvalue weighted by Crippen LogP contribution is 2.39. The maximum Gasteiger partial charge on any atom is 0.292 e. The van der Waals surface area contributed by atoms with Crippen molar-refractivity contribution in [2.24, 2.45) is 5.92 Å². The van der Waals surface area contributed by atoms with Crippen LogP contribution >= 0.6 is 0 Å². The summed E-state index contributed by atoms with van der Waals surface area (Å²) in [5, 5.41) is 0. The highest BCUT2D eigenvalue weighted by atomic mass is 19.3. The van der Waals surface area contributed by atoms with Gasteiger partial charge in [-0.1, -0.05) is 12.1 Å². The largest absolute Gasteiger partial charge is 0.381 e. The monoisotopic (exact) mass is 223 g/mol. The van der Waals surface area contributed by atoms with E-state index in [0.717, 1.165) is 0 Å². The number of pyridine rings is 1. The maximum atomic E-state index is 14.0. The van der Waals surface area contributed by atoms with Crippen LogP contribution in [0.2, 0.25) is 0 Å². The Labute approximate surface area is 94.4 Å². The van der Waals surface area contributed by atoms with Gasteiger partial charge >= 0.3 is 0 Å². The van der Waals surface area contributed by atoms with E-state index in [1.165, 1.54) is 18.2 Å². The van der Waals surface area contributed by atoms with Crippen LogP contribution in [0.1, 0.15) is 18.5 Å². The van der Waals surface area contributed by atoms with E-state index in [-0.39, 0.29) is 11.3 Å². The first-order valence-electron chi connectivity index (χ1n) is 5.29. The summed E-state index contributed by atoms with van der Waals surface area (Å²) in [6.07, 6.45) is 0.729. The summed E-state index contributed by atoms with van der Waals surface area (Å²) in [4.78, 5) is 3.71. The molecule has 0 bridgehead atoms. The molecule has 16 heavy (non-hydrogen) atoms. The number of rotatable bonds is 2. The van der Waals surface area contributed by atoms with Crippen molar-refractivity contribution < 1.29 is 13.5 Å². The maximum absolute atomic E-state index is 14.0. The van der Waals surface area contributed by atoms with E-state index in [4.69, 9.17) is 12.6 Å². The first kappa shape index (κ1) is 11.5. The predicted molar refractivity (Wildman–Crippen MR) is 57.1 cm³/mol. The van der Waals surface area contributed by atoms with Crippen molar-refractivity contribution in [1.82, 2.24) is 4.98 Å². The van der Waals surface area contributed by atoms with Gasteiger partial charge in [-0.3, -0.25) is 4.98 Å². The molecule has 2 nitrogen and oxygen atoms in total. The molecule has 84 valence electrons. The zero-order valence-corrected chi connectivity index (χ0v) is 8.83. The second-order valence-electron chi connectivity index (χ2n) is 3.96. The Kier molecular flexibility index (Phi) is 3.24. The molecule has 0 atom stereocenters. The second-order valence-corrected chi connectivity index (χ2v) is 3.96. The lowest BCUT2D eigenvalue weighted by Crippen LogP contribution is -2.33. The van der Waals surface area contributed by atoms with Gasteiger partial charge in [-0.2, -0.15) is 8.78 Å². The van der Waals surface area contributed by atoms with Crippen LogP contribution in [0.5, 0.6) is 0 Å². The van der Waals surface area contributed by atoms with E-state index < -0.39 is 11.8 Å². The Morgan fingerprint density at radius 3 is 2.62 bits per heavy atom. The topological polar surface area (TPSA) is 22.1 Å². The van der Waals surface area contributed by atoms with E-state index >= 15 is 0 Å². The number of aromatic nitrogens is 1. The van der Waals surface area contributed by atoms with E-state index in [1.807, 2.05) is 0 Å². The fraction of sp³-hybridized carbons (Fsp3) is 0.545. The third-order valence-electron chi connectivity index (χ3n) is 2.85. The molecular weight excluding hydrogens is 211 g/mol. The minimum absolute atomic E-state index is 0.129. The van der Waals surface area contributed by atoms with E-state index in [9.17, 15) is 8.78 Å². The van der Waals surface area contributed by atoms with Crippen molar-refractivity contribution >= 4 is 13.4 Å². The average molecular weight is 223 g/mol. The number of alkyl halides is 2. The molecule has 2 rings (SSSR count). The molecular formula is C11H12BF2NO. The molecule has 2 radical (unpaired) electrons. The van der Waals surface area contributed by atoms with Crippen molar-refractivity contribution in [3.05, 3.63) is 23.9 Å². The highest BCUT2D eigenvalue weighted by Gasteiger charge is 2.43. The molecule has 1 fully saturated rings. The van der Waals surface area contributed by atoms with Crippen molar-refractivity contribution in [2.45, 2.75) is 18.8 Å². The lowest BCUT2D eigenvalue weighted by molar-refractivity contribution is -0.105. The molecule has 2 heterocycles. The molecule has 0 aliphatic carbocycles. The lowest BCUT2D eigenvalue weighted by Gasteiger charge is -2.29. The van der Waals surface area contributed by atoms with E-state index in [1.54, 1.807) is 0 Å². The summed E-state index contributed by atoms with van der Waals surface area (Å²) in [5.41, 5.74) is -0.108. The van der Waals surface area contributed by atoms with Crippen molar-refractivity contribution in [3.8, 4) is 0 Å². The minimum atomic E-state index is -2.92. The van der Waals surface area contributed by atoms with Crippen LogP contribution in [0.4, 0.5) is 8.78 Å². The molecule has 1 saturated heterocycles. The zero-order valence-electron chi connectivity index (χ0n) is 8.83. The molecule has 1 aliphatic rings. The molecule has 1 aromatic rings. The average Bonchev–Trinajstić information content (AvgIpc) is 2.30. The predicted octanol–water partition coefficient (Wildman–Crippen LogP) is 1.39. The number of nitrogens with zero attached hydrogens (tertiary/aromatic N) is 1. The second kappa shape index (κ2) is 4.49. The summed E-state index contributed by atoms with van der Waals surface area (Å²) in [5.74, 6) is -3.62. The van der Waals surface area contributed by atoms with E-state index in [0.29, 0.717) is 26.1 Å². The molecule has 0 spiro atoms. The molecule has 0 amide bonds. The number of hydrogen-bond acceptors (Lipinski definition) is 2. The Hall–Kier alpha value is -0.965. The van der Waals surface area contributed by atoms with Gasteiger partial charge in [-0.15, -0.1) is 0 Å². The van der Waals surface area contributed by atoms with E-state index in [2.05, 4.69) is 4.98 Å².